The van der Waals surface area contributed by atoms with Gasteiger partial charge in [-0.3, -0.25) is 9.78 Å². The highest BCUT2D eigenvalue weighted by molar-refractivity contribution is 7.89. The summed E-state index contributed by atoms with van der Waals surface area (Å²) in [7, 11) is -5.76. The van der Waals surface area contributed by atoms with Gasteiger partial charge in [0.05, 0.1) is 21.4 Å². The number of hydrogen-bond acceptors (Lipinski definition) is 5. The lowest BCUT2D eigenvalue weighted by Gasteiger charge is -2.08. The SMILES string of the molecule is O=C(NS(=O)(=O)Cc1ccncc1)c1[nH]c2ccc(Cl)cc2c1S(=O)c1ccccc1. The van der Waals surface area contributed by atoms with E-state index in [1.165, 1.54) is 12.4 Å². The van der Waals surface area contributed by atoms with Gasteiger partial charge in [-0.2, -0.15) is 0 Å². The summed E-state index contributed by atoms with van der Waals surface area (Å²) >= 11 is 6.11. The first-order valence-corrected chi connectivity index (χ1v) is 12.2. The van der Waals surface area contributed by atoms with E-state index in [-0.39, 0.29) is 10.6 Å². The van der Waals surface area contributed by atoms with Crippen LogP contribution in [0.4, 0.5) is 0 Å². The zero-order chi connectivity index (χ0) is 22.0. The minimum atomic E-state index is -4.01. The van der Waals surface area contributed by atoms with Crippen molar-refractivity contribution in [1.82, 2.24) is 14.7 Å². The minimum absolute atomic E-state index is 0.0993. The Kier molecular flexibility index (Phi) is 5.90. The van der Waals surface area contributed by atoms with Crippen molar-refractivity contribution >= 4 is 49.2 Å². The summed E-state index contributed by atoms with van der Waals surface area (Å²) < 4.78 is 40.5. The van der Waals surface area contributed by atoms with Crippen molar-refractivity contribution in [3.8, 4) is 0 Å². The number of nitrogens with zero attached hydrogens (tertiary/aromatic N) is 1. The number of sulfonamides is 1. The smallest absolute Gasteiger partial charge is 0.282 e. The number of H-pyrrole nitrogens is 1. The second-order valence-corrected chi connectivity index (χ2v) is 10.2. The predicted molar refractivity (Wildman–Crippen MR) is 119 cm³/mol. The number of nitrogens with one attached hydrogen (secondary N) is 2. The molecule has 2 N–H and O–H groups in total. The first kappa shape index (κ1) is 21.2. The number of aromatic amines is 1. The summed E-state index contributed by atoms with van der Waals surface area (Å²) in [5.74, 6) is -1.30. The number of hydrogen-bond donors (Lipinski definition) is 2. The third-order valence-electron chi connectivity index (χ3n) is 4.44. The molecule has 7 nitrogen and oxygen atoms in total. The number of fused-ring (bicyclic) bond motifs is 1. The van der Waals surface area contributed by atoms with Gasteiger partial charge in [-0.1, -0.05) is 29.8 Å². The Labute approximate surface area is 186 Å². The fraction of sp³-hybridized carbons (Fsp3) is 0.0476. The van der Waals surface area contributed by atoms with Gasteiger partial charge in [0.15, 0.2) is 0 Å². The highest BCUT2D eigenvalue weighted by atomic mass is 35.5. The molecule has 10 heteroatoms. The number of carbonyl (C=O) groups is 1. The summed E-state index contributed by atoms with van der Waals surface area (Å²) in [6.45, 7) is 0. The second kappa shape index (κ2) is 8.62. The van der Waals surface area contributed by atoms with Gasteiger partial charge < -0.3 is 4.98 Å². The van der Waals surface area contributed by atoms with Crippen LogP contribution < -0.4 is 4.72 Å². The van der Waals surface area contributed by atoms with Crippen LogP contribution in [0, 0.1) is 0 Å². The Morgan fingerprint density at radius 3 is 2.48 bits per heavy atom. The lowest BCUT2D eigenvalue weighted by Crippen LogP contribution is -2.32. The molecule has 1 unspecified atom stereocenters. The lowest BCUT2D eigenvalue weighted by molar-refractivity contribution is 0.0974. The summed E-state index contributed by atoms with van der Waals surface area (Å²) in [6, 6.07) is 16.5. The average molecular weight is 474 g/mol. The molecule has 0 saturated carbocycles. The van der Waals surface area contributed by atoms with Crippen molar-refractivity contribution in [3.63, 3.8) is 0 Å². The quantitative estimate of drug-likeness (QED) is 0.444. The number of aromatic nitrogens is 2. The van der Waals surface area contributed by atoms with Gasteiger partial charge >= 0.3 is 0 Å². The van der Waals surface area contributed by atoms with E-state index in [1.807, 2.05) is 0 Å². The van der Waals surface area contributed by atoms with Crippen LogP contribution in [-0.4, -0.2) is 28.5 Å². The molecule has 2 aromatic heterocycles. The van der Waals surface area contributed by atoms with Crippen LogP contribution in [0.3, 0.4) is 0 Å². The van der Waals surface area contributed by atoms with E-state index in [4.69, 9.17) is 11.6 Å². The highest BCUT2D eigenvalue weighted by Crippen LogP contribution is 2.31. The summed E-state index contributed by atoms with van der Waals surface area (Å²) in [5.41, 5.74) is 0.893. The van der Waals surface area contributed by atoms with Crippen LogP contribution in [0.2, 0.25) is 5.02 Å². The monoisotopic (exact) mass is 473 g/mol. The number of pyridine rings is 1. The Balaban J connectivity index is 1.74. The van der Waals surface area contributed by atoms with Crippen molar-refractivity contribution in [2.75, 3.05) is 0 Å². The molecule has 1 amide bonds. The Hall–Kier alpha value is -3.01. The van der Waals surface area contributed by atoms with E-state index in [1.54, 1.807) is 60.7 Å². The number of rotatable bonds is 6. The van der Waals surface area contributed by atoms with Gasteiger partial charge in [0.25, 0.3) is 5.91 Å². The van der Waals surface area contributed by atoms with Crippen molar-refractivity contribution in [2.24, 2.45) is 0 Å². The molecule has 0 aliphatic carbocycles. The van der Waals surface area contributed by atoms with E-state index in [2.05, 4.69) is 14.7 Å². The standard InChI is InChI=1S/C21H16ClN3O4S2/c22-15-6-7-18-17(12-15)20(30(27)16-4-2-1-3-5-16)19(24-18)21(26)25-31(28,29)13-14-8-10-23-11-9-14/h1-12,24H,13H2,(H,25,26). The third-order valence-corrected chi connectivity index (χ3v) is 7.38. The van der Waals surface area contributed by atoms with Crippen LogP contribution in [0.5, 0.6) is 0 Å². The summed E-state index contributed by atoms with van der Waals surface area (Å²) in [4.78, 5) is 20.3. The Morgan fingerprint density at radius 2 is 1.77 bits per heavy atom. The van der Waals surface area contributed by atoms with Crippen LogP contribution in [0.25, 0.3) is 10.9 Å². The van der Waals surface area contributed by atoms with Crippen molar-refractivity contribution in [3.05, 3.63) is 89.3 Å². The second-order valence-electron chi connectivity index (χ2n) is 6.65. The van der Waals surface area contributed by atoms with Crippen molar-refractivity contribution in [1.29, 1.82) is 0 Å². The summed E-state index contributed by atoms with van der Waals surface area (Å²) in [5, 5.41) is 0.876. The average Bonchev–Trinajstić information content (AvgIpc) is 3.12. The summed E-state index contributed by atoms with van der Waals surface area (Å²) in [6.07, 6.45) is 2.93. The maximum absolute atomic E-state index is 13.3. The maximum atomic E-state index is 13.3. The Morgan fingerprint density at radius 1 is 1.06 bits per heavy atom. The molecule has 0 spiro atoms. The molecule has 4 aromatic rings. The normalized spacial score (nSPS) is 12.5. The van der Waals surface area contributed by atoms with Crippen LogP contribution in [-0.2, 0) is 26.6 Å². The molecule has 2 heterocycles. The third kappa shape index (κ3) is 4.68. The largest absolute Gasteiger partial charge is 0.349 e. The van der Waals surface area contributed by atoms with Gasteiger partial charge in [-0.05, 0) is 48.0 Å². The molecule has 0 aliphatic rings. The zero-order valence-corrected chi connectivity index (χ0v) is 18.3. The number of halogens is 1. The van der Waals surface area contributed by atoms with E-state index in [0.29, 0.717) is 26.4 Å². The molecule has 0 bridgehead atoms. The fourth-order valence-electron chi connectivity index (χ4n) is 3.08. The molecule has 1 atom stereocenters. The van der Waals surface area contributed by atoms with E-state index in [0.717, 1.165) is 0 Å². The van der Waals surface area contributed by atoms with Gasteiger partial charge in [0, 0.05) is 33.2 Å². The topological polar surface area (TPSA) is 109 Å². The van der Waals surface area contributed by atoms with Gasteiger partial charge in [0.2, 0.25) is 10.0 Å². The van der Waals surface area contributed by atoms with E-state index < -0.39 is 32.5 Å². The van der Waals surface area contributed by atoms with Crippen LogP contribution >= 0.6 is 11.6 Å². The maximum Gasteiger partial charge on any atom is 0.282 e. The fourth-order valence-corrected chi connectivity index (χ4v) is 5.68. The number of amides is 1. The predicted octanol–water partition coefficient (Wildman–Crippen LogP) is 3.64. The molecular formula is C21H16ClN3O4S2. The minimum Gasteiger partial charge on any atom is -0.349 e. The molecule has 0 radical (unpaired) electrons. The number of benzene rings is 2. The molecule has 31 heavy (non-hydrogen) atoms. The number of carbonyl (C=O) groups excluding carboxylic acids is 1. The van der Waals surface area contributed by atoms with E-state index >= 15 is 0 Å². The Bertz CT molecular complexity index is 1390. The molecule has 0 fully saturated rings. The highest BCUT2D eigenvalue weighted by Gasteiger charge is 2.26. The first-order chi connectivity index (χ1) is 14.8. The first-order valence-electron chi connectivity index (χ1n) is 9.06. The molecule has 2 aromatic carbocycles. The molecule has 158 valence electrons. The van der Waals surface area contributed by atoms with Gasteiger partial charge in [-0.25, -0.2) is 17.3 Å². The van der Waals surface area contributed by atoms with Crippen molar-refractivity contribution < 1.29 is 17.4 Å². The molecular weight excluding hydrogens is 458 g/mol. The molecule has 0 saturated heterocycles. The molecule has 0 aliphatic heterocycles. The zero-order valence-electron chi connectivity index (χ0n) is 15.9. The van der Waals surface area contributed by atoms with Gasteiger partial charge in [0.1, 0.15) is 5.69 Å². The van der Waals surface area contributed by atoms with Crippen molar-refractivity contribution in [2.45, 2.75) is 15.5 Å². The van der Waals surface area contributed by atoms with E-state index in [9.17, 15) is 17.4 Å². The van der Waals surface area contributed by atoms with Crippen LogP contribution in [0.15, 0.2) is 82.8 Å². The van der Waals surface area contributed by atoms with Gasteiger partial charge in [-0.15, -0.1) is 0 Å². The lowest BCUT2D eigenvalue weighted by atomic mass is 10.2. The van der Waals surface area contributed by atoms with Crippen LogP contribution in [0.1, 0.15) is 16.1 Å². The molecule has 4 rings (SSSR count).